The summed E-state index contributed by atoms with van der Waals surface area (Å²) in [7, 11) is 1.82. The molecule has 0 aromatic carbocycles. The van der Waals surface area contributed by atoms with Crippen LogP contribution >= 0.6 is 0 Å². The fourth-order valence-electron chi connectivity index (χ4n) is 0.991. The molecule has 0 amide bonds. The predicted molar refractivity (Wildman–Crippen MR) is 45.6 cm³/mol. The van der Waals surface area contributed by atoms with Gasteiger partial charge in [0, 0.05) is 19.7 Å². The number of rotatable bonds is 3. The van der Waals surface area contributed by atoms with Gasteiger partial charge in [0.15, 0.2) is 0 Å². The minimum absolute atomic E-state index is 0.567. The van der Waals surface area contributed by atoms with Crippen molar-refractivity contribution in [2.45, 2.75) is 32.3 Å². The van der Waals surface area contributed by atoms with Crippen LogP contribution in [0.5, 0.6) is 0 Å². The van der Waals surface area contributed by atoms with E-state index in [-0.39, 0.29) is 0 Å². The Morgan fingerprint density at radius 2 is 2.33 bits per heavy atom. The van der Waals surface area contributed by atoms with Gasteiger partial charge in [-0.25, -0.2) is 0 Å². The molecule has 4 nitrogen and oxygen atoms in total. The second-order valence-corrected chi connectivity index (χ2v) is 3.41. The lowest BCUT2D eigenvalue weighted by Gasteiger charge is -2.18. The molecule has 0 bridgehead atoms. The standard InChI is InChI=1S/C8H15N3O/c1-4-8(2,12)5-7-6-11(3)10-9-7/h6,12H,4-5H2,1-3H3. The molecule has 1 atom stereocenters. The molecular formula is C8H15N3O. The van der Waals surface area contributed by atoms with Gasteiger partial charge in [0.2, 0.25) is 0 Å². The number of nitrogens with zero attached hydrogens (tertiary/aromatic N) is 3. The van der Waals surface area contributed by atoms with Gasteiger partial charge >= 0.3 is 0 Å². The van der Waals surface area contributed by atoms with E-state index in [1.807, 2.05) is 27.1 Å². The number of hydrogen-bond acceptors (Lipinski definition) is 3. The lowest BCUT2D eigenvalue weighted by atomic mass is 9.98. The van der Waals surface area contributed by atoms with Crippen LogP contribution in [0.2, 0.25) is 0 Å². The monoisotopic (exact) mass is 169 g/mol. The predicted octanol–water partition coefficient (Wildman–Crippen LogP) is 0.519. The van der Waals surface area contributed by atoms with Gasteiger partial charge in [0.25, 0.3) is 0 Å². The highest BCUT2D eigenvalue weighted by atomic mass is 16.3. The van der Waals surface area contributed by atoms with Crippen LogP contribution in [0.1, 0.15) is 26.0 Å². The second-order valence-electron chi connectivity index (χ2n) is 3.41. The Labute approximate surface area is 72.2 Å². The molecule has 0 radical (unpaired) electrons. The van der Waals surface area contributed by atoms with E-state index in [4.69, 9.17) is 0 Å². The summed E-state index contributed by atoms with van der Waals surface area (Å²) in [6.45, 7) is 3.76. The molecule has 1 rings (SSSR count). The highest BCUT2D eigenvalue weighted by Gasteiger charge is 2.19. The van der Waals surface area contributed by atoms with Crippen molar-refractivity contribution < 1.29 is 5.11 Å². The summed E-state index contributed by atoms with van der Waals surface area (Å²) < 4.78 is 1.64. The first-order valence-corrected chi connectivity index (χ1v) is 4.11. The number of hydrogen-bond donors (Lipinski definition) is 1. The molecule has 0 spiro atoms. The maximum atomic E-state index is 9.71. The van der Waals surface area contributed by atoms with E-state index >= 15 is 0 Å². The first-order chi connectivity index (χ1) is 5.53. The van der Waals surface area contributed by atoms with Crippen LogP contribution in [-0.2, 0) is 13.5 Å². The average molecular weight is 169 g/mol. The first-order valence-electron chi connectivity index (χ1n) is 4.11. The molecule has 12 heavy (non-hydrogen) atoms. The SMILES string of the molecule is CCC(C)(O)Cc1cn(C)nn1. The molecule has 0 aliphatic carbocycles. The third-order valence-corrected chi connectivity index (χ3v) is 1.97. The molecule has 0 aliphatic rings. The third-order valence-electron chi connectivity index (χ3n) is 1.97. The summed E-state index contributed by atoms with van der Waals surface area (Å²) in [4.78, 5) is 0. The highest BCUT2D eigenvalue weighted by molar-refractivity contribution is 4.97. The van der Waals surface area contributed by atoms with Gasteiger partial charge in [-0.1, -0.05) is 12.1 Å². The van der Waals surface area contributed by atoms with Crippen LogP contribution in [0.4, 0.5) is 0 Å². The topological polar surface area (TPSA) is 50.9 Å². The van der Waals surface area contributed by atoms with E-state index in [2.05, 4.69) is 10.3 Å². The summed E-state index contributed by atoms with van der Waals surface area (Å²) in [5.41, 5.74) is 0.181. The van der Waals surface area contributed by atoms with Crippen LogP contribution in [0.3, 0.4) is 0 Å². The molecule has 68 valence electrons. The summed E-state index contributed by atoms with van der Waals surface area (Å²) in [5, 5.41) is 17.4. The molecule has 1 N–H and O–H groups in total. The average Bonchev–Trinajstić information content (AvgIpc) is 2.35. The molecule has 4 heteroatoms. The van der Waals surface area contributed by atoms with Gasteiger partial charge < -0.3 is 5.11 Å². The van der Waals surface area contributed by atoms with Crippen molar-refractivity contribution in [3.63, 3.8) is 0 Å². The Morgan fingerprint density at radius 3 is 2.75 bits per heavy atom. The van der Waals surface area contributed by atoms with Crippen molar-refractivity contribution in [3.8, 4) is 0 Å². The van der Waals surface area contributed by atoms with Crippen LogP contribution in [0.25, 0.3) is 0 Å². The Kier molecular flexibility index (Phi) is 2.47. The lowest BCUT2D eigenvalue weighted by molar-refractivity contribution is 0.0554. The first kappa shape index (κ1) is 9.19. The molecule has 0 saturated heterocycles. The fraction of sp³-hybridized carbons (Fsp3) is 0.750. The fourth-order valence-corrected chi connectivity index (χ4v) is 0.991. The maximum absolute atomic E-state index is 9.71. The van der Waals surface area contributed by atoms with Gasteiger partial charge in [-0.05, 0) is 13.3 Å². The number of aryl methyl sites for hydroxylation is 1. The van der Waals surface area contributed by atoms with E-state index in [1.165, 1.54) is 0 Å². The zero-order chi connectivity index (χ0) is 9.19. The van der Waals surface area contributed by atoms with Gasteiger partial charge in [-0.15, -0.1) is 5.10 Å². The van der Waals surface area contributed by atoms with Crippen LogP contribution < -0.4 is 0 Å². The molecule has 1 heterocycles. The quantitative estimate of drug-likeness (QED) is 0.717. The van der Waals surface area contributed by atoms with Crippen molar-refractivity contribution in [1.29, 1.82) is 0 Å². The van der Waals surface area contributed by atoms with Crippen molar-refractivity contribution in [2.75, 3.05) is 0 Å². The second kappa shape index (κ2) is 3.23. The van der Waals surface area contributed by atoms with Gasteiger partial charge in [-0.2, -0.15) is 0 Å². The van der Waals surface area contributed by atoms with Gasteiger partial charge in [0.1, 0.15) is 0 Å². The zero-order valence-electron chi connectivity index (χ0n) is 7.78. The zero-order valence-corrected chi connectivity index (χ0v) is 7.78. The van der Waals surface area contributed by atoms with Crippen molar-refractivity contribution in [2.24, 2.45) is 7.05 Å². The summed E-state index contributed by atoms with van der Waals surface area (Å²) in [6, 6.07) is 0. The molecule has 1 unspecified atom stereocenters. The minimum atomic E-state index is -0.657. The van der Waals surface area contributed by atoms with Crippen LogP contribution in [-0.4, -0.2) is 25.7 Å². The third kappa shape index (κ3) is 2.30. The summed E-state index contributed by atoms with van der Waals surface area (Å²) in [5.74, 6) is 0. The van der Waals surface area contributed by atoms with Crippen molar-refractivity contribution in [3.05, 3.63) is 11.9 Å². The molecule has 0 aliphatic heterocycles. The van der Waals surface area contributed by atoms with Crippen LogP contribution in [0.15, 0.2) is 6.20 Å². The van der Waals surface area contributed by atoms with E-state index in [1.54, 1.807) is 4.68 Å². The Morgan fingerprint density at radius 1 is 1.67 bits per heavy atom. The normalized spacial score (nSPS) is 16.0. The number of aliphatic hydroxyl groups is 1. The van der Waals surface area contributed by atoms with Gasteiger partial charge in [0.05, 0.1) is 11.3 Å². The summed E-state index contributed by atoms with van der Waals surface area (Å²) in [6.07, 6.45) is 3.12. The summed E-state index contributed by atoms with van der Waals surface area (Å²) >= 11 is 0. The Hall–Kier alpha value is -0.900. The largest absolute Gasteiger partial charge is 0.390 e. The van der Waals surface area contributed by atoms with Crippen LogP contribution in [0, 0.1) is 0 Å². The maximum Gasteiger partial charge on any atom is 0.0855 e. The van der Waals surface area contributed by atoms with Gasteiger partial charge in [-0.3, -0.25) is 4.68 Å². The molecule has 1 aromatic rings. The molecule has 0 saturated carbocycles. The molecule has 0 fully saturated rings. The van der Waals surface area contributed by atoms with E-state index in [9.17, 15) is 5.11 Å². The Balaban J connectivity index is 2.63. The molecular weight excluding hydrogens is 154 g/mol. The van der Waals surface area contributed by atoms with Crippen molar-refractivity contribution in [1.82, 2.24) is 15.0 Å². The Bertz CT molecular complexity index is 255. The lowest BCUT2D eigenvalue weighted by Crippen LogP contribution is -2.25. The highest BCUT2D eigenvalue weighted by Crippen LogP contribution is 2.13. The molecule has 1 aromatic heterocycles. The van der Waals surface area contributed by atoms with E-state index in [0.29, 0.717) is 6.42 Å². The minimum Gasteiger partial charge on any atom is -0.390 e. The van der Waals surface area contributed by atoms with E-state index in [0.717, 1.165) is 12.1 Å². The van der Waals surface area contributed by atoms with Crippen molar-refractivity contribution >= 4 is 0 Å². The number of aromatic nitrogens is 3. The smallest absolute Gasteiger partial charge is 0.0855 e. The van der Waals surface area contributed by atoms with E-state index < -0.39 is 5.60 Å².